The fourth-order valence-corrected chi connectivity index (χ4v) is 2.94. The molecule has 0 fully saturated rings. The number of benzene rings is 1. The molecule has 2 aromatic rings. The second kappa shape index (κ2) is 5.08. The molecule has 0 saturated carbocycles. The SMILES string of the molecule is COc1cccc(C(O)c2cc(C)sc2C)c1F. The van der Waals surface area contributed by atoms with Gasteiger partial charge in [0.15, 0.2) is 11.6 Å². The van der Waals surface area contributed by atoms with E-state index in [-0.39, 0.29) is 11.3 Å². The highest BCUT2D eigenvalue weighted by molar-refractivity contribution is 7.12. The number of thiophene rings is 1. The molecule has 1 aromatic heterocycles. The summed E-state index contributed by atoms with van der Waals surface area (Å²) in [7, 11) is 1.41. The van der Waals surface area contributed by atoms with E-state index in [1.807, 2.05) is 19.9 Å². The van der Waals surface area contributed by atoms with Gasteiger partial charge < -0.3 is 9.84 Å². The van der Waals surface area contributed by atoms with E-state index < -0.39 is 11.9 Å². The maximum Gasteiger partial charge on any atom is 0.171 e. The zero-order valence-electron chi connectivity index (χ0n) is 10.5. The van der Waals surface area contributed by atoms with Gasteiger partial charge in [0.2, 0.25) is 0 Å². The lowest BCUT2D eigenvalue weighted by Gasteiger charge is -2.13. The second-order valence-corrected chi connectivity index (χ2v) is 5.60. The molecule has 2 rings (SSSR count). The Hall–Kier alpha value is -1.39. The third-order valence-corrected chi connectivity index (χ3v) is 3.86. The highest BCUT2D eigenvalue weighted by atomic mass is 32.1. The predicted octanol–water partition coefficient (Wildman–Crippen LogP) is 3.59. The number of methoxy groups -OCH3 is 1. The summed E-state index contributed by atoms with van der Waals surface area (Å²) in [6.07, 6.45) is -0.954. The number of aryl methyl sites for hydroxylation is 2. The molecule has 1 N–H and O–H groups in total. The van der Waals surface area contributed by atoms with Crippen molar-refractivity contribution in [1.29, 1.82) is 0 Å². The van der Waals surface area contributed by atoms with E-state index in [9.17, 15) is 9.50 Å². The van der Waals surface area contributed by atoms with Gasteiger partial charge in [0.05, 0.1) is 7.11 Å². The molecular formula is C14H15FO2S. The standard InChI is InChI=1S/C14H15FO2S/c1-8-7-11(9(2)18-8)14(16)10-5-4-6-12(17-3)13(10)15/h4-7,14,16H,1-3H3. The van der Waals surface area contributed by atoms with Crippen molar-refractivity contribution in [1.82, 2.24) is 0 Å². The predicted molar refractivity (Wildman–Crippen MR) is 70.8 cm³/mol. The number of aliphatic hydroxyl groups excluding tert-OH is 1. The Morgan fingerprint density at radius 1 is 1.28 bits per heavy atom. The molecule has 4 heteroatoms. The molecule has 1 unspecified atom stereocenters. The maximum absolute atomic E-state index is 14.1. The summed E-state index contributed by atoms with van der Waals surface area (Å²) in [5.41, 5.74) is 1.000. The zero-order valence-corrected chi connectivity index (χ0v) is 11.3. The average Bonchev–Trinajstić information content (AvgIpc) is 2.68. The molecule has 0 saturated heterocycles. The van der Waals surface area contributed by atoms with Crippen LogP contribution in [0.5, 0.6) is 5.75 Å². The smallest absolute Gasteiger partial charge is 0.171 e. The molecule has 96 valence electrons. The molecule has 0 aliphatic rings. The molecule has 0 bridgehead atoms. The first kappa shape index (κ1) is 13.1. The Morgan fingerprint density at radius 3 is 2.56 bits per heavy atom. The first-order chi connectivity index (χ1) is 8.54. The van der Waals surface area contributed by atoms with Crippen LogP contribution in [0, 0.1) is 19.7 Å². The molecule has 1 aromatic carbocycles. The highest BCUT2D eigenvalue weighted by Gasteiger charge is 2.20. The van der Waals surface area contributed by atoms with Crippen LogP contribution < -0.4 is 4.74 Å². The summed E-state index contributed by atoms with van der Waals surface area (Å²) in [6, 6.07) is 6.69. The van der Waals surface area contributed by atoms with E-state index in [0.29, 0.717) is 0 Å². The van der Waals surface area contributed by atoms with Gasteiger partial charge in [0.1, 0.15) is 6.10 Å². The quantitative estimate of drug-likeness (QED) is 0.920. The zero-order chi connectivity index (χ0) is 13.3. The summed E-state index contributed by atoms with van der Waals surface area (Å²) in [6.45, 7) is 3.89. The van der Waals surface area contributed by atoms with Crippen LogP contribution in [0.25, 0.3) is 0 Å². The lowest BCUT2D eigenvalue weighted by atomic mass is 10.0. The summed E-state index contributed by atoms with van der Waals surface area (Å²) in [5, 5.41) is 10.3. The number of aliphatic hydroxyl groups is 1. The van der Waals surface area contributed by atoms with Crippen LogP contribution in [0.3, 0.4) is 0 Å². The van der Waals surface area contributed by atoms with Crippen molar-refractivity contribution >= 4 is 11.3 Å². The summed E-state index contributed by atoms with van der Waals surface area (Å²) >= 11 is 1.59. The Labute approximate surface area is 110 Å². The largest absolute Gasteiger partial charge is 0.494 e. The Morgan fingerprint density at radius 2 is 2.00 bits per heavy atom. The minimum atomic E-state index is -0.954. The van der Waals surface area contributed by atoms with Crippen LogP contribution in [0.1, 0.15) is 27.0 Å². The Balaban J connectivity index is 2.46. The monoisotopic (exact) mass is 266 g/mol. The van der Waals surface area contributed by atoms with Gasteiger partial charge in [-0.05, 0) is 31.5 Å². The van der Waals surface area contributed by atoms with Gasteiger partial charge in [-0.3, -0.25) is 0 Å². The highest BCUT2D eigenvalue weighted by Crippen LogP contribution is 2.33. The van der Waals surface area contributed by atoms with Crippen molar-refractivity contribution in [3.63, 3.8) is 0 Å². The van der Waals surface area contributed by atoms with E-state index in [1.165, 1.54) is 13.2 Å². The van der Waals surface area contributed by atoms with Gasteiger partial charge in [-0.25, -0.2) is 4.39 Å². The van der Waals surface area contributed by atoms with Gasteiger partial charge in [-0.15, -0.1) is 11.3 Å². The molecule has 18 heavy (non-hydrogen) atoms. The molecule has 0 spiro atoms. The normalized spacial score (nSPS) is 12.5. The third kappa shape index (κ3) is 2.26. The van der Waals surface area contributed by atoms with Gasteiger partial charge >= 0.3 is 0 Å². The van der Waals surface area contributed by atoms with E-state index >= 15 is 0 Å². The molecular weight excluding hydrogens is 251 g/mol. The molecule has 1 atom stereocenters. The Bertz CT molecular complexity index is 563. The van der Waals surface area contributed by atoms with Crippen molar-refractivity contribution < 1.29 is 14.2 Å². The maximum atomic E-state index is 14.1. The van der Waals surface area contributed by atoms with Crippen LogP contribution in [-0.2, 0) is 0 Å². The number of hydrogen-bond donors (Lipinski definition) is 1. The van der Waals surface area contributed by atoms with Gasteiger partial charge in [-0.2, -0.15) is 0 Å². The van der Waals surface area contributed by atoms with E-state index in [0.717, 1.165) is 15.3 Å². The average molecular weight is 266 g/mol. The van der Waals surface area contributed by atoms with Crippen molar-refractivity contribution in [3.05, 3.63) is 51.0 Å². The van der Waals surface area contributed by atoms with Crippen LogP contribution >= 0.6 is 11.3 Å². The second-order valence-electron chi connectivity index (χ2n) is 4.13. The number of ether oxygens (including phenoxy) is 1. The summed E-state index contributed by atoms with van der Waals surface area (Å²) < 4.78 is 19.0. The minimum Gasteiger partial charge on any atom is -0.494 e. The van der Waals surface area contributed by atoms with E-state index in [4.69, 9.17) is 4.74 Å². The van der Waals surface area contributed by atoms with E-state index in [1.54, 1.807) is 23.5 Å². The number of halogens is 1. The first-order valence-electron chi connectivity index (χ1n) is 5.62. The molecule has 0 radical (unpaired) electrons. The van der Waals surface area contributed by atoms with Gasteiger partial charge in [-0.1, -0.05) is 12.1 Å². The molecule has 2 nitrogen and oxygen atoms in total. The van der Waals surface area contributed by atoms with Crippen LogP contribution in [0.15, 0.2) is 24.3 Å². The summed E-state index contributed by atoms with van der Waals surface area (Å²) in [5.74, 6) is -0.355. The fourth-order valence-electron chi connectivity index (χ4n) is 1.99. The lowest BCUT2D eigenvalue weighted by Crippen LogP contribution is -2.04. The van der Waals surface area contributed by atoms with E-state index in [2.05, 4.69) is 0 Å². The Kier molecular flexibility index (Phi) is 3.68. The van der Waals surface area contributed by atoms with Crippen molar-refractivity contribution in [2.45, 2.75) is 20.0 Å². The molecule has 0 amide bonds. The van der Waals surface area contributed by atoms with Crippen molar-refractivity contribution in [3.8, 4) is 5.75 Å². The summed E-state index contributed by atoms with van der Waals surface area (Å²) in [4.78, 5) is 2.10. The third-order valence-electron chi connectivity index (χ3n) is 2.88. The van der Waals surface area contributed by atoms with Crippen molar-refractivity contribution in [2.75, 3.05) is 7.11 Å². The topological polar surface area (TPSA) is 29.5 Å². The molecule has 1 heterocycles. The lowest BCUT2D eigenvalue weighted by molar-refractivity contribution is 0.213. The number of rotatable bonds is 3. The number of hydrogen-bond acceptors (Lipinski definition) is 3. The minimum absolute atomic E-state index is 0.149. The van der Waals surface area contributed by atoms with Crippen LogP contribution in [0.2, 0.25) is 0 Å². The van der Waals surface area contributed by atoms with Crippen LogP contribution in [-0.4, -0.2) is 12.2 Å². The van der Waals surface area contributed by atoms with Crippen molar-refractivity contribution in [2.24, 2.45) is 0 Å². The van der Waals surface area contributed by atoms with Gasteiger partial charge in [0, 0.05) is 15.3 Å². The van der Waals surface area contributed by atoms with Crippen LogP contribution in [0.4, 0.5) is 4.39 Å². The fraction of sp³-hybridized carbons (Fsp3) is 0.286. The molecule has 0 aliphatic heterocycles. The molecule has 0 aliphatic carbocycles. The first-order valence-corrected chi connectivity index (χ1v) is 6.43. The van der Waals surface area contributed by atoms with Gasteiger partial charge in [0.25, 0.3) is 0 Å².